The number of amides is 2. The van der Waals surface area contributed by atoms with Gasteiger partial charge in [0, 0.05) is 13.8 Å². The van der Waals surface area contributed by atoms with Crippen molar-refractivity contribution >= 4 is 35.9 Å². The van der Waals surface area contributed by atoms with Gasteiger partial charge < -0.3 is 9.47 Å². The molecule has 0 bridgehead atoms. The molecule has 0 aromatic heterocycles. The van der Waals surface area contributed by atoms with Crippen molar-refractivity contribution in [2.75, 3.05) is 19.9 Å². The lowest BCUT2D eigenvalue weighted by Crippen LogP contribution is -2.42. The van der Waals surface area contributed by atoms with Crippen LogP contribution in [0.1, 0.15) is 13.8 Å². The smallest absolute Gasteiger partial charge is 0.302 e. The molecular weight excluding hydrogens is 294 g/mol. The van der Waals surface area contributed by atoms with Crippen molar-refractivity contribution in [3.05, 3.63) is 0 Å². The van der Waals surface area contributed by atoms with E-state index in [1.807, 2.05) is 0 Å². The van der Waals surface area contributed by atoms with E-state index in [2.05, 4.69) is 20.3 Å². The Hall–Kier alpha value is -2.62. The predicted octanol–water partition coefficient (Wildman–Crippen LogP) is -1.33. The Balaban J connectivity index is 1.91. The van der Waals surface area contributed by atoms with Gasteiger partial charge in [0.2, 0.25) is 11.9 Å². The van der Waals surface area contributed by atoms with E-state index in [0.717, 1.165) is 0 Å². The van der Waals surface area contributed by atoms with Crippen molar-refractivity contribution in [1.82, 2.24) is 10.2 Å². The van der Waals surface area contributed by atoms with Crippen LogP contribution in [0.5, 0.6) is 0 Å². The number of amidine groups is 1. The zero-order valence-corrected chi connectivity index (χ0v) is 12.1. The van der Waals surface area contributed by atoms with E-state index in [4.69, 9.17) is 9.47 Å². The van der Waals surface area contributed by atoms with Gasteiger partial charge in [0.1, 0.15) is 13.3 Å². The fourth-order valence-electron chi connectivity index (χ4n) is 1.75. The number of esters is 1. The van der Waals surface area contributed by atoms with E-state index in [-0.39, 0.29) is 37.8 Å². The minimum absolute atomic E-state index is 0.0702. The van der Waals surface area contributed by atoms with Crippen LogP contribution in [0.25, 0.3) is 0 Å². The molecule has 2 aliphatic rings. The molecule has 2 rings (SSSR count). The average molecular weight is 309 g/mol. The van der Waals surface area contributed by atoms with Gasteiger partial charge in [-0.05, 0) is 0 Å². The molecular formula is C12H15N5O5. The molecule has 1 N–H and O–H groups in total. The molecule has 0 aliphatic carbocycles. The lowest BCUT2D eigenvalue weighted by molar-refractivity contribution is -0.142. The number of fused-ring (bicyclic) bond motifs is 1. The summed E-state index contributed by atoms with van der Waals surface area (Å²) >= 11 is 0. The zero-order chi connectivity index (χ0) is 16.1. The summed E-state index contributed by atoms with van der Waals surface area (Å²) in [5, 5.41) is 2.36. The Kier molecular flexibility index (Phi) is 4.94. The van der Waals surface area contributed by atoms with Gasteiger partial charge >= 0.3 is 5.97 Å². The molecule has 0 aromatic rings. The number of guanidine groups is 1. The highest BCUT2D eigenvalue weighted by atomic mass is 16.6. The van der Waals surface area contributed by atoms with Crippen LogP contribution in [0.4, 0.5) is 0 Å². The summed E-state index contributed by atoms with van der Waals surface area (Å²) in [6, 6.07) is -0.811. The minimum Gasteiger partial charge on any atom is -0.463 e. The van der Waals surface area contributed by atoms with Crippen LogP contribution in [0, 0.1) is 0 Å². The van der Waals surface area contributed by atoms with E-state index in [0.29, 0.717) is 5.84 Å². The van der Waals surface area contributed by atoms with Gasteiger partial charge in [-0.25, -0.2) is 0 Å². The number of aliphatic imine (C=N–C) groups is 3. The largest absolute Gasteiger partial charge is 0.463 e. The van der Waals surface area contributed by atoms with Crippen molar-refractivity contribution in [2.24, 2.45) is 15.0 Å². The molecule has 1 atom stereocenters. The van der Waals surface area contributed by atoms with Gasteiger partial charge in [-0.3, -0.25) is 29.6 Å². The number of nitrogens with one attached hydrogen (secondary N) is 1. The summed E-state index contributed by atoms with van der Waals surface area (Å²) in [6.45, 7) is 3.01. The first kappa shape index (κ1) is 15.8. The van der Waals surface area contributed by atoms with E-state index >= 15 is 0 Å². The van der Waals surface area contributed by atoms with Crippen molar-refractivity contribution < 1.29 is 23.9 Å². The number of hydrogen-bond donors (Lipinski definition) is 1. The van der Waals surface area contributed by atoms with Crippen molar-refractivity contribution in [3.63, 3.8) is 0 Å². The highest BCUT2D eigenvalue weighted by molar-refractivity contribution is 6.23. The second kappa shape index (κ2) is 6.89. The summed E-state index contributed by atoms with van der Waals surface area (Å²) in [6.07, 6.45) is 1.42. The van der Waals surface area contributed by atoms with Crippen LogP contribution in [0.2, 0.25) is 0 Å². The highest BCUT2D eigenvalue weighted by Crippen LogP contribution is 2.13. The molecule has 118 valence electrons. The third-order valence-corrected chi connectivity index (χ3v) is 2.62. The number of ether oxygens (including phenoxy) is 2. The average Bonchev–Trinajstić information content (AvgIpc) is 2.81. The number of carbonyl (C=O) groups is 3. The first-order valence-corrected chi connectivity index (χ1v) is 6.47. The lowest BCUT2D eigenvalue weighted by Gasteiger charge is -2.20. The normalized spacial score (nSPS) is 19.5. The zero-order valence-electron chi connectivity index (χ0n) is 12.1. The van der Waals surface area contributed by atoms with Gasteiger partial charge in [0.05, 0.1) is 12.9 Å². The van der Waals surface area contributed by atoms with Gasteiger partial charge in [0.25, 0.3) is 5.91 Å². The maximum atomic E-state index is 11.8. The van der Waals surface area contributed by atoms with Crippen LogP contribution >= 0.6 is 0 Å². The molecule has 10 heteroatoms. The third-order valence-electron chi connectivity index (χ3n) is 2.62. The van der Waals surface area contributed by atoms with Crippen LogP contribution < -0.4 is 5.32 Å². The molecule has 2 amide bonds. The van der Waals surface area contributed by atoms with Gasteiger partial charge in [-0.15, -0.1) is 0 Å². The van der Waals surface area contributed by atoms with Gasteiger partial charge in [0.15, 0.2) is 11.9 Å². The molecule has 10 nitrogen and oxygen atoms in total. The van der Waals surface area contributed by atoms with Crippen LogP contribution in [0.3, 0.4) is 0 Å². The Morgan fingerprint density at radius 1 is 1.32 bits per heavy atom. The topological polar surface area (TPSA) is 122 Å². The molecule has 0 spiro atoms. The quantitative estimate of drug-likeness (QED) is 0.496. The first-order chi connectivity index (χ1) is 10.5. The molecule has 0 saturated carbocycles. The Labute approximate surface area is 125 Å². The maximum Gasteiger partial charge on any atom is 0.302 e. The van der Waals surface area contributed by atoms with Crippen LogP contribution in [-0.4, -0.2) is 66.8 Å². The summed E-state index contributed by atoms with van der Waals surface area (Å²) in [5.41, 5.74) is 0. The van der Waals surface area contributed by atoms with Gasteiger partial charge in [-0.1, -0.05) is 0 Å². The van der Waals surface area contributed by atoms with Crippen LogP contribution in [0.15, 0.2) is 15.0 Å². The van der Waals surface area contributed by atoms with Crippen molar-refractivity contribution in [1.29, 1.82) is 0 Å². The Morgan fingerprint density at radius 2 is 2.09 bits per heavy atom. The summed E-state index contributed by atoms with van der Waals surface area (Å²) in [7, 11) is 0. The van der Waals surface area contributed by atoms with Crippen molar-refractivity contribution in [2.45, 2.75) is 19.9 Å². The fraction of sp³-hybridized carbons (Fsp3) is 0.500. The van der Waals surface area contributed by atoms with Gasteiger partial charge in [-0.2, -0.15) is 9.98 Å². The molecule has 0 fully saturated rings. The number of hydrogen-bond acceptors (Lipinski definition) is 8. The van der Waals surface area contributed by atoms with Crippen LogP contribution in [-0.2, 0) is 23.9 Å². The summed E-state index contributed by atoms with van der Waals surface area (Å²) in [5.74, 6) is -1.01. The second-order valence-corrected chi connectivity index (χ2v) is 4.44. The Bertz CT molecular complexity index is 582. The predicted molar refractivity (Wildman–Crippen MR) is 75.3 cm³/mol. The second-order valence-electron chi connectivity index (χ2n) is 4.44. The fourth-order valence-corrected chi connectivity index (χ4v) is 1.75. The summed E-state index contributed by atoms with van der Waals surface area (Å²) in [4.78, 5) is 46.7. The van der Waals surface area contributed by atoms with Crippen molar-refractivity contribution in [3.8, 4) is 0 Å². The maximum absolute atomic E-state index is 11.8. The monoisotopic (exact) mass is 309 g/mol. The number of nitrogens with zero attached hydrogens (tertiary/aromatic N) is 4. The van der Waals surface area contributed by atoms with E-state index < -0.39 is 11.9 Å². The molecule has 0 aromatic carbocycles. The molecule has 0 saturated heterocycles. The number of rotatable bonds is 5. The lowest BCUT2D eigenvalue weighted by atomic mass is 10.2. The molecule has 22 heavy (non-hydrogen) atoms. The molecule has 0 radical (unpaired) electrons. The SMILES string of the molecule is CC(=O)NC1=NC(=O)C2N=CN(COCCOC(C)=O)C2=N1. The Morgan fingerprint density at radius 3 is 2.77 bits per heavy atom. The van der Waals surface area contributed by atoms with E-state index in [9.17, 15) is 14.4 Å². The standard InChI is InChI=1S/C12H15N5O5/c1-7(18)14-12-15-10-9(11(20)16-12)13-5-17(10)6-21-3-4-22-8(2)19/h5,9H,3-4,6H2,1-2H3,(H,14,16,18,20). The summed E-state index contributed by atoms with van der Waals surface area (Å²) < 4.78 is 10.0. The molecule has 2 aliphatic heterocycles. The minimum atomic E-state index is -0.811. The molecule has 1 unspecified atom stereocenters. The number of carbonyl (C=O) groups excluding carboxylic acids is 3. The van der Waals surface area contributed by atoms with E-state index in [1.54, 1.807) is 0 Å². The first-order valence-electron chi connectivity index (χ1n) is 6.47. The molecule has 2 heterocycles. The highest BCUT2D eigenvalue weighted by Gasteiger charge is 2.35. The van der Waals surface area contributed by atoms with E-state index in [1.165, 1.54) is 25.1 Å². The third kappa shape index (κ3) is 3.95.